The van der Waals surface area contributed by atoms with E-state index in [-0.39, 0.29) is 11.8 Å². The van der Waals surface area contributed by atoms with Gasteiger partial charge in [0.15, 0.2) is 0 Å². The lowest BCUT2D eigenvalue weighted by Gasteiger charge is -2.36. The van der Waals surface area contributed by atoms with E-state index in [1.807, 2.05) is 32.0 Å². The summed E-state index contributed by atoms with van der Waals surface area (Å²) in [6.45, 7) is 6.43. The number of rotatable bonds is 4. The first-order valence-electron chi connectivity index (χ1n) is 9.25. The van der Waals surface area contributed by atoms with Crippen LogP contribution in [0.3, 0.4) is 0 Å². The minimum Gasteiger partial charge on any atom is -0.506 e. The van der Waals surface area contributed by atoms with E-state index in [9.17, 15) is 9.90 Å². The van der Waals surface area contributed by atoms with Gasteiger partial charge in [0.2, 0.25) is 0 Å². The molecule has 2 aromatic carbocycles. The van der Waals surface area contributed by atoms with Gasteiger partial charge in [0.25, 0.3) is 0 Å². The molecule has 150 valence electrons. The largest absolute Gasteiger partial charge is 0.506 e. The van der Waals surface area contributed by atoms with Crippen LogP contribution in [0.15, 0.2) is 30.3 Å². The summed E-state index contributed by atoms with van der Waals surface area (Å²) in [5.74, 6) is 1.55. The second-order valence-corrected chi connectivity index (χ2v) is 6.93. The first-order valence-corrected chi connectivity index (χ1v) is 9.25. The Labute approximate surface area is 165 Å². The average Bonchev–Trinajstić information content (AvgIpc) is 2.71. The molecule has 3 rings (SSSR count). The Morgan fingerprint density at radius 2 is 1.50 bits per heavy atom. The molecule has 0 saturated carbocycles. The SMILES string of the molecule is COc1cc(OC)cc(N2CCN(C(=O)Nc3cc(C)c(C)cc3O)CC2)c1. The number of carbonyl (C=O) groups excluding carboxylic acids is 1. The number of hydrogen-bond donors (Lipinski definition) is 2. The molecule has 0 spiro atoms. The maximum Gasteiger partial charge on any atom is 0.322 e. The van der Waals surface area contributed by atoms with Gasteiger partial charge in [-0.15, -0.1) is 0 Å². The van der Waals surface area contributed by atoms with Crippen LogP contribution >= 0.6 is 0 Å². The van der Waals surface area contributed by atoms with Gasteiger partial charge >= 0.3 is 6.03 Å². The third-order valence-corrected chi connectivity index (χ3v) is 5.12. The summed E-state index contributed by atoms with van der Waals surface area (Å²) in [4.78, 5) is 16.6. The van der Waals surface area contributed by atoms with E-state index in [2.05, 4.69) is 10.2 Å². The van der Waals surface area contributed by atoms with Crippen LogP contribution < -0.4 is 19.7 Å². The van der Waals surface area contributed by atoms with Gasteiger partial charge in [-0.1, -0.05) is 0 Å². The van der Waals surface area contributed by atoms with Crippen LogP contribution in [0.5, 0.6) is 17.2 Å². The summed E-state index contributed by atoms with van der Waals surface area (Å²) in [5, 5.41) is 12.9. The molecule has 2 aromatic rings. The lowest BCUT2D eigenvalue weighted by molar-refractivity contribution is 0.208. The molecule has 0 bridgehead atoms. The molecule has 7 nitrogen and oxygen atoms in total. The van der Waals surface area contributed by atoms with E-state index in [0.717, 1.165) is 28.3 Å². The zero-order valence-electron chi connectivity index (χ0n) is 16.8. The van der Waals surface area contributed by atoms with Crippen molar-refractivity contribution in [3.05, 3.63) is 41.5 Å². The second kappa shape index (κ2) is 8.29. The van der Waals surface area contributed by atoms with Gasteiger partial charge in [-0.3, -0.25) is 0 Å². The molecule has 2 amide bonds. The van der Waals surface area contributed by atoms with E-state index in [1.54, 1.807) is 31.3 Å². The summed E-state index contributed by atoms with van der Waals surface area (Å²) in [5.41, 5.74) is 3.44. The van der Waals surface area contributed by atoms with Crippen LogP contribution in [0.25, 0.3) is 0 Å². The van der Waals surface area contributed by atoms with Gasteiger partial charge in [0.1, 0.15) is 17.2 Å². The lowest BCUT2D eigenvalue weighted by atomic mass is 10.1. The lowest BCUT2D eigenvalue weighted by Crippen LogP contribution is -2.50. The molecule has 1 aliphatic rings. The highest BCUT2D eigenvalue weighted by atomic mass is 16.5. The van der Waals surface area contributed by atoms with Crippen molar-refractivity contribution in [2.45, 2.75) is 13.8 Å². The number of aromatic hydroxyl groups is 1. The van der Waals surface area contributed by atoms with E-state index in [4.69, 9.17) is 9.47 Å². The number of nitrogens with zero attached hydrogens (tertiary/aromatic N) is 2. The summed E-state index contributed by atoms with van der Waals surface area (Å²) in [6.07, 6.45) is 0. The third-order valence-electron chi connectivity index (χ3n) is 5.12. The number of phenolic OH excluding ortho intramolecular Hbond substituents is 1. The normalized spacial score (nSPS) is 14.0. The minimum absolute atomic E-state index is 0.0820. The Morgan fingerprint density at radius 1 is 0.929 bits per heavy atom. The van der Waals surface area contributed by atoms with Gasteiger partial charge < -0.3 is 29.7 Å². The maximum atomic E-state index is 12.6. The number of anilines is 2. The van der Waals surface area contributed by atoms with Gasteiger partial charge in [-0.2, -0.15) is 0 Å². The van der Waals surface area contributed by atoms with E-state index in [1.165, 1.54) is 0 Å². The van der Waals surface area contributed by atoms with Crippen LogP contribution in [-0.2, 0) is 0 Å². The Balaban J connectivity index is 1.64. The van der Waals surface area contributed by atoms with Crippen molar-refractivity contribution < 1.29 is 19.4 Å². The van der Waals surface area contributed by atoms with E-state index >= 15 is 0 Å². The summed E-state index contributed by atoms with van der Waals surface area (Å²) in [7, 11) is 3.26. The molecule has 2 N–H and O–H groups in total. The van der Waals surface area contributed by atoms with E-state index in [0.29, 0.717) is 31.9 Å². The number of aryl methyl sites for hydroxylation is 2. The quantitative estimate of drug-likeness (QED) is 0.790. The predicted molar refractivity (Wildman–Crippen MR) is 110 cm³/mol. The van der Waals surface area contributed by atoms with Crippen LogP contribution in [0.4, 0.5) is 16.2 Å². The maximum absolute atomic E-state index is 12.6. The fourth-order valence-corrected chi connectivity index (χ4v) is 3.24. The van der Waals surface area contributed by atoms with Crippen molar-refractivity contribution in [2.24, 2.45) is 0 Å². The molecule has 7 heteroatoms. The Hall–Kier alpha value is -3.09. The number of benzene rings is 2. The molecule has 1 aliphatic heterocycles. The van der Waals surface area contributed by atoms with E-state index < -0.39 is 0 Å². The molecule has 0 radical (unpaired) electrons. The molecular formula is C21H27N3O4. The number of methoxy groups -OCH3 is 2. The van der Waals surface area contributed by atoms with Crippen molar-refractivity contribution in [3.8, 4) is 17.2 Å². The molecule has 0 unspecified atom stereocenters. The molecule has 0 aliphatic carbocycles. The first-order chi connectivity index (χ1) is 13.4. The molecule has 28 heavy (non-hydrogen) atoms. The van der Waals surface area contributed by atoms with Crippen LogP contribution in [-0.4, -0.2) is 56.4 Å². The highest BCUT2D eigenvalue weighted by Crippen LogP contribution is 2.30. The standard InChI is InChI=1S/C21H27N3O4/c1-14-9-19(20(25)10-15(14)2)22-21(26)24-7-5-23(6-8-24)16-11-17(27-3)13-18(12-16)28-4/h9-13,25H,5-8H2,1-4H3,(H,22,26). The average molecular weight is 385 g/mol. The third kappa shape index (κ3) is 4.24. The number of carbonyl (C=O) groups is 1. The number of ether oxygens (including phenoxy) is 2. The zero-order valence-corrected chi connectivity index (χ0v) is 16.8. The van der Waals surface area contributed by atoms with Crippen LogP contribution in [0, 0.1) is 13.8 Å². The smallest absolute Gasteiger partial charge is 0.322 e. The molecule has 0 atom stereocenters. The van der Waals surface area contributed by atoms with Crippen molar-refractivity contribution in [1.29, 1.82) is 0 Å². The number of phenols is 1. The Kier molecular flexibility index (Phi) is 5.82. The highest BCUT2D eigenvalue weighted by molar-refractivity contribution is 5.91. The van der Waals surface area contributed by atoms with Gasteiger partial charge in [-0.05, 0) is 37.1 Å². The number of piperazine rings is 1. The highest BCUT2D eigenvalue weighted by Gasteiger charge is 2.23. The number of amides is 2. The Morgan fingerprint density at radius 3 is 2.07 bits per heavy atom. The Bertz CT molecular complexity index is 839. The summed E-state index contributed by atoms with van der Waals surface area (Å²) < 4.78 is 10.7. The van der Waals surface area contributed by atoms with Gasteiger partial charge in [0, 0.05) is 50.1 Å². The van der Waals surface area contributed by atoms with Crippen LogP contribution in [0.2, 0.25) is 0 Å². The fraction of sp³-hybridized carbons (Fsp3) is 0.381. The summed E-state index contributed by atoms with van der Waals surface area (Å²) >= 11 is 0. The van der Waals surface area contributed by atoms with Gasteiger partial charge in [-0.25, -0.2) is 4.79 Å². The van der Waals surface area contributed by atoms with Crippen molar-refractivity contribution in [3.63, 3.8) is 0 Å². The van der Waals surface area contributed by atoms with Crippen LogP contribution in [0.1, 0.15) is 11.1 Å². The number of nitrogens with one attached hydrogen (secondary N) is 1. The first kappa shape index (κ1) is 19.7. The predicted octanol–water partition coefficient (Wildman–Crippen LogP) is 3.38. The molecule has 1 heterocycles. The van der Waals surface area contributed by atoms with Gasteiger partial charge in [0.05, 0.1) is 19.9 Å². The van der Waals surface area contributed by atoms with Crippen molar-refractivity contribution in [2.75, 3.05) is 50.6 Å². The topological polar surface area (TPSA) is 74.3 Å². The molecular weight excluding hydrogens is 358 g/mol. The van der Waals surface area contributed by atoms with Crippen molar-refractivity contribution >= 4 is 17.4 Å². The monoisotopic (exact) mass is 385 g/mol. The second-order valence-electron chi connectivity index (χ2n) is 6.93. The van der Waals surface area contributed by atoms with Crippen molar-refractivity contribution in [1.82, 2.24) is 4.90 Å². The minimum atomic E-state index is -0.207. The number of hydrogen-bond acceptors (Lipinski definition) is 5. The number of urea groups is 1. The molecule has 1 fully saturated rings. The fourth-order valence-electron chi connectivity index (χ4n) is 3.24. The summed E-state index contributed by atoms with van der Waals surface area (Å²) in [6, 6.07) is 9.02. The molecule has 1 saturated heterocycles. The molecule has 0 aromatic heterocycles. The zero-order chi connectivity index (χ0) is 20.3.